The van der Waals surface area contributed by atoms with E-state index in [0.29, 0.717) is 12.6 Å². The Morgan fingerprint density at radius 1 is 1.11 bits per heavy atom. The second-order valence-corrected chi connectivity index (χ2v) is 7.66. The van der Waals surface area contributed by atoms with Gasteiger partial charge in [-0.15, -0.1) is 5.10 Å². The predicted molar refractivity (Wildman–Crippen MR) is 112 cm³/mol. The van der Waals surface area contributed by atoms with Crippen LogP contribution in [0.2, 0.25) is 0 Å². The van der Waals surface area contributed by atoms with Crippen LogP contribution >= 0.6 is 0 Å². The predicted octanol–water partition coefficient (Wildman–Crippen LogP) is 2.00. The first-order valence-electron chi connectivity index (χ1n) is 10.6. The molecular formula is C21H34N6O. The molecule has 28 heavy (non-hydrogen) atoms. The molecule has 0 N–H and O–H groups in total. The van der Waals surface area contributed by atoms with Crippen molar-refractivity contribution in [1.82, 2.24) is 29.5 Å². The third-order valence-electron chi connectivity index (χ3n) is 5.91. The summed E-state index contributed by atoms with van der Waals surface area (Å²) >= 11 is 0. The molecule has 0 aromatic carbocycles. The minimum Gasteiger partial charge on any atom is -0.341 e. The Hall–Kier alpha value is -1.99. The Morgan fingerprint density at radius 3 is 2.46 bits per heavy atom. The van der Waals surface area contributed by atoms with E-state index in [1.165, 1.54) is 0 Å². The average Bonchev–Trinajstić information content (AvgIpc) is 3.06. The number of fused-ring (bicyclic) bond motifs is 1. The molecule has 0 radical (unpaired) electrons. The molecule has 0 saturated carbocycles. The highest BCUT2D eigenvalue weighted by atomic mass is 16.2. The number of likely N-dealkylation sites (tertiary alicyclic amines) is 1. The minimum absolute atomic E-state index is 0.204. The molecule has 2 aromatic rings. The van der Waals surface area contributed by atoms with Crippen LogP contribution in [0, 0.1) is 6.92 Å². The highest BCUT2D eigenvalue weighted by Gasteiger charge is 2.28. The monoisotopic (exact) mass is 386 g/mol. The lowest BCUT2D eigenvalue weighted by Crippen LogP contribution is -2.53. The highest BCUT2D eigenvalue weighted by molar-refractivity contribution is 5.82. The molecule has 4 rings (SSSR count). The fourth-order valence-corrected chi connectivity index (χ4v) is 4.25. The van der Waals surface area contributed by atoms with Gasteiger partial charge in [0.25, 0.3) is 0 Å². The van der Waals surface area contributed by atoms with E-state index in [0.717, 1.165) is 68.7 Å². The molecule has 0 unspecified atom stereocenters. The maximum atomic E-state index is 12.8. The molecule has 154 valence electrons. The largest absolute Gasteiger partial charge is 0.341 e. The van der Waals surface area contributed by atoms with Crippen molar-refractivity contribution >= 4 is 16.9 Å². The number of aryl methyl sites for hydroxylation is 1. The van der Waals surface area contributed by atoms with Crippen molar-refractivity contribution in [3.05, 3.63) is 24.0 Å². The summed E-state index contributed by atoms with van der Waals surface area (Å²) in [5.41, 5.74) is 2.93. The van der Waals surface area contributed by atoms with Gasteiger partial charge >= 0.3 is 0 Å². The van der Waals surface area contributed by atoms with E-state index in [9.17, 15) is 4.79 Å². The van der Waals surface area contributed by atoms with Gasteiger partial charge in [-0.05, 0) is 38.4 Å². The molecule has 2 aliphatic heterocycles. The Bertz CT molecular complexity index is 772. The molecular weight excluding hydrogens is 352 g/mol. The standard InChI is InChI=1S/C19H28N6O.C2H6/c1-15-13-25(17-3-6-20-21-19(15)17)14-18(26)24-7-4-16(5-8-24)23-11-9-22(2)10-12-23;1-2/h3,6,13,16H,4-5,7-12,14H2,1-2H3;1-2H3. The van der Waals surface area contributed by atoms with Crippen molar-refractivity contribution in [2.24, 2.45) is 0 Å². The zero-order valence-electron chi connectivity index (χ0n) is 17.8. The van der Waals surface area contributed by atoms with Crippen molar-refractivity contribution in [2.75, 3.05) is 46.3 Å². The molecule has 2 fully saturated rings. The van der Waals surface area contributed by atoms with Gasteiger partial charge in [0.05, 0.1) is 11.7 Å². The van der Waals surface area contributed by atoms with Gasteiger partial charge in [-0.2, -0.15) is 5.10 Å². The van der Waals surface area contributed by atoms with E-state index >= 15 is 0 Å². The summed E-state index contributed by atoms with van der Waals surface area (Å²) in [5.74, 6) is 0.204. The zero-order chi connectivity index (χ0) is 20.1. The van der Waals surface area contributed by atoms with Crippen LogP contribution in [-0.4, -0.2) is 87.7 Å². The third kappa shape index (κ3) is 4.52. The van der Waals surface area contributed by atoms with Gasteiger partial charge in [-0.25, -0.2) is 0 Å². The van der Waals surface area contributed by atoms with E-state index < -0.39 is 0 Å². The lowest BCUT2D eigenvalue weighted by molar-refractivity contribution is -0.133. The molecule has 2 aromatic heterocycles. The van der Waals surface area contributed by atoms with Crippen molar-refractivity contribution in [3.63, 3.8) is 0 Å². The fraction of sp³-hybridized carbons (Fsp3) is 0.667. The van der Waals surface area contributed by atoms with E-state index in [2.05, 4.69) is 27.0 Å². The number of aromatic nitrogens is 3. The Morgan fingerprint density at radius 2 is 1.79 bits per heavy atom. The molecule has 2 aliphatic rings. The van der Waals surface area contributed by atoms with E-state index in [4.69, 9.17) is 0 Å². The number of carbonyl (C=O) groups excluding carboxylic acids is 1. The third-order valence-corrected chi connectivity index (χ3v) is 5.91. The SMILES string of the molecule is CC.Cc1cn(CC(=O)N2CCC(N3CCN(C)CC3)CC2)c2ccnnc12. The number of nitrogens with zero attached hydrogens (tertiary/aromatic N) is 6. The molecule has 2 saturated heterocycles. The fourth-order valence-electron chi connectivity index (χ4n) is 4.25. The van der Waals surface area contributed by atoms with Gasteiger partial charge in [-0.1, -0.05) is 13.8 Å². The lowest BCUT2D eigenvalue weighted by atomic mass is 10.0. The molecule has 0 atom stereocenters. The maximum Gasteiger partial charge on any atom is 0.242 e. The van der Waals surface area contributed by atoms with E-state index in [-0.39, 0.29) is 5.91 Å². The summed E-state index contributed by atoms with van der Waals surface area (Å²) in [5, 5.41) is 8.13. The summed E-state index contributed by atoms with van der Waals surface area (Å²) in [6.07, 6.45) is 5.87. The topological polar surface area (TPSA) is 57.5 Å². The van der Waals surface area contributed by atoms with Crippen LogP contribution in [0.4, 0.5) is 0 Å². The summed E-state index contributed by atoms with van der Waals surface area (Å²) < 4.78 is 2.01. The van der Waals surface area contributed by atoms with Gasteiger partial charge in [0.2, 0.25) is 5.91 Å². The number of hydrogen-bond donors (Lipinski definition) is 0. The second kappa shape index (κ2) is 9.47. The number of hydrogen-bond acceptors (Lipinski definition) is 5. The number of piperazine rings is 1. The normalized spacial score (nSPS) is 19.5. The maximum absolute atomic E-state index is 12.8. The molecule has 0 bridgehead atoms. The van der Waals surface area contributed by atoms with Crippen LogP contribution in [0.3, 0.4) is 0 Å². The summed E-state index contributed by atoms with van der Waals surface area (Å²) in [4.78, 5) is 19.8. The van der Waals surface area contributed by atoms with Crippen LogP contribution in [-0.2, 0) is 11.3 Å². The summed E-state index contributed by atoms with van der Waals surface area (Å²) in [7, 11) is 2.19. The molecule has 7 nitrogen and oxygen atoms in total. The quantitative estimate of drug-likeness (QED) is 0.808. The number of amides is 1. The van der Waals surface area contributed by atoms with Gasteiger partial charge < -0.3 is 14.4 Å². The molecule has 4 heterocycles. The number of likely N-dealkylation sites (N-methyl/N-ethyl adjacent to an activating group) is 1. The lowest BCUT2D eigenvalue weighted by Gasteiger charge is -2.42. The van der Waals surface area contributed by atoms with E-state index in [1.54, 1.807) is 6.20 Å². The van der Waals surface area contributed by atoms with E-state index in [1.807, 2.05) is 42.5 Å². The molecule has 1 amide bonds. The van der Waals surface area contributed by atoms with Gasteiger partial charge in [0.1, 0.15) is 12.1 Å². The van der Waals surface area contributed by atoms with Gasteiger partial charge in [0, 0.05) is 51.5 Å². The van der Waals surface area contributed by atoms with Crippen molar-refractivity contribution < 1.29 is 4.79 Å². The van der Waals surface area contributed by atoms with Gasteiger partial charge in [0.15, 0.2) is 0 Å². The molecule has 0 aliphatic carbocycles. The van der Waals surface area contributed by atoms with Crippen LogP contribution in [0.15, 0.2) is 18.5 Å². The first-order chi connectivity index (χ1) is 13.6. The smallest absolute Gasteiger partial charge is 0.242 e. The van der Waals surface area contributed by atoms with Crippen LogP contribution in [0.25, 0.3) is 11.0 Å². The number of carbonyl (C=O) groups is 1. The summed E-state index contributed by atoms with van der Waals surface area (Å²) in [6, 6.07) is 2.57. The Balaban J connectivity index is 0.00000109. The average molecular weight is 387 g/mol. The van der Waals surface area contributed by atoms with Crippen LogP contribution in [0.5, 0.6) is 0 Å². The number of rotatable bonds is 3. The second-order valence-electron chi connectivity index (χ2n) is 7.66. The first kappa shape index (κ1) is 20.7. The molecule has 0 spiro atoms. The van der Waals surface area contributed by atoms with Crippen molar-refractivity contribution in [1.29, 1.82) is 0 Å². The van der Waals surface area contributed by atoms with Crippen molar-refractivity contribution in [2.45, 2.75) is 46.2 Å². The highest BCUT2D eigenvalue weighted by Crippen LogP contribution is 2.20. The van der Waals surface area contributed by atoms with Gasteiger partial charge in [-0.3, -0.25) is 9.69 Å². The Kier molecular flexibility index (Phi) is 7.02. The van der Waals surface area contributed by atoms with Crippen LogP contribution < -0.4 is 0 Å². The molecule has 7 heteroatoms. The first-order valence-corrected chi connectivity index (χ1v) is 10.6. The number of piperidine rings is 1. The zero-order valence-corrected chi connectivity index (χ0v) is 17.8. The van der Waals surface area contributed by atoms with Crippen molar-refractivity contribution in [3.8, 4) is 0 Å². The Labute approximate surface area is 168 Å². The summed E-state index contributed by atoms with van der Waals surface area (Å²) in [6.45, 7) is 12.8. The van der Waals surface area contributed by atoms with Crippen LogP contribution in [0.1, 0.15) is 32.3 Å². The minimum atomic E-state index is 0.204.